The third kappa shape index (κ3) is 6.30. The fourth-order valence-electron chi connectivity index (χ4n) is 2.23. The highest BCUT2D eigenvalue weighted by molar-refractivity contribution is 7.80. The van der Waals surface area contributed by atoms with Crippen molar-refractivity contribution >= 4 is 35.1 Å². The van der Waals surface area contributed by atoms with Crippen LogP contribution in [0, 0.1) is 13.8 Å². The van der Waals surface area contributed by atoms with Crippen LogP contribution in [0.2, 0.25) is 5.02 Å². The number of benzene rings is 2. The normalized spacial score (nSPS) is 10.7. The van der Waals surface area contributed by atoms with Crippen molar-refractivity contribution in [2.75, 3.05) is 20.3 Å². The van der Waals surface area contributed by atoms with Crippen molar-refractivity contribution in [3.8, 4) is 17.2 Å². The third-order valence-corrected chi connectivity index (χ3v) is 4.09. The van der Waals surface area contributed by atoms with E-state index in [1.54, 1.807) is 12.1 Å². The predicted molar refractivity (Wildman–Crippen MR) is 112 cm³/mol. The van der Waals surface area contributed by atoms with Gasteiger partial charge in [0.05, 0.1) is 18.3 Å². The molecule has 0 bridgehead atoms. The summed E-state index contributed by atoms with van der Waals surface area (Å²) in [5.74, 6) is 1.74. The van der Waals surface area contributed by atoms with E-state index in [1.165, 1.54) is 24.5 Å². The van der Waals surface area contributed by atoms with E-state index in [4.69, 9.17) is 31.5 Å². The van der Waals surface area contributed by atoms with Crippen LogP contribution in [0.15, 0.2) is 35.4 Å². The van der Waals surface area contributed by atoms with E-state index in [0.29, 0.717) is 35.3 Å². The minimum Gasteiger partial charge on any atom is -0.493 e. The Morgan fingerprint density at radius 2 is 1.93 bits per heavy atom. The Kier molecular flexibility index (Phi) is 7.69. The molecule has 2 aromatic carbocycles. The maximum Gasteiger partial charge on any atom is 0.184 e. The molecule has 0 radical (unpaired) electrons. The minimum atomic E-state index is 0.0769. The predicted octanol–water partition coefficient (Wildman–Crippen LogP) is 3.59. The number of halogens is 1. The summed E-state index contributed by atoms with van der Waals surface area (Å²) in [6, 6.07) is 9.41. The first kappa shape index (κ1) is 20.8. The maximum absolute atomic E-state index is 6.31. The number of hydrogen-bond donors (Lipinski definition) is 2. The van der Waals surface area contributed by atoms with E-state index >= 15 is 0 Å². The van der Waals surface area contributed by atoms with Crippen LogP contribution >= 0.6 is 23.8 Å². The SMILES string of the molecule is COc1cc(/C=N/NC(N)=S)cc(Cl)c1OCCOc1ccc(C)c(C)c1. The van der Waals surface area contributed by atoms with Crippen molar-refractivity contribution in [1.82, 2.24) is 5.43 Å². The molecule has 3 N–H and O–H groups in total. The smallest absolute Gasteiger partial charge is 0.184 e. The van der Waals surface area contributed by atoms with E-state index < -0.39 is 0 Å². The van der Waals surface area contributed by atoms with Crippen LogP contribution in [-0.4, -0.2) is 31.7 Å². The van der Waals surface area contributed by atoms with Gasteiger partial charge < -0.3 is 19.9 Å². The van der Waals surface area contributed by atoms with Crippen LogP contribution in [-0.2, 0) is 0 Å². The second kappa shape index (κ2) is 9.99. The zero-order valence-corrected chi connectivity index (χ0v) is 17.0. The average molecular weight is 408 g/mol. The molecular formula is C19H22ClN3O3S. The van der Waals surface area contributed by atoms with Gasteiger partial charge in [-0.1, -0.05) is 17.7 Å². The molecule has 0 unspecified atom stereocenters. The summed E-state index contributed by atoms with van der Waals surface area (Å²) < 4.78 is 16.8. The van der Waals surface area contributed by atoms with Gasteiger partial charge in [0.1, 0.15) is 19.0 Å². The minimum absolute atomic E-state index is 0.0769. The number of hydrogen-bond acceptors (Lipinski definition) is 5. The number of thiocarbonyl (C=S) groups is 1. The molecule has 0 spiro atoms. The Labute approximate surface area is 169 Å². The van der Waals surface area contributed by atoms with Gasteiger partial charge in [-0.25, -0.2) is 0 Å². The van der Waals surface area contributed by atoms with Crippen LogP contribution in [0.1, 0.15) is 16.7 Å². The number of aryl methyl sites for hydroxylation is 2. The van der Waals surface area contributed by atoms with Crippen LogP contribution in [0.4, 0.5) is 0 Å². The molecule has 8 heteroatoms. The second-order valence-electron chi connectivity index (χ2n) is 5.71. The van der Waals surface area contributed by atoms with Crippen molar-refractivity contribution in [3.63, 3.8) is 0 Å². The topological polar surface area (TPSA) is 78.1 Å². The Hall–Kier alpha value is -2.51. The molecule has 0 aliphatic carbocycles. The van der Waals surface area contributed by atoms with Gasteiger partial charge in [0.25, 0.3) is 0 Å². The number of ether oxygens (including phenoxy) is 3. The second-order valence-corrected chi connectivity index (χ2v) is 6.56. The Bertz CT molecular complexity index is 843. The van der Waals surface area contributed by atoms with Crippen LogP contribution < -0.4 is 25.4 Å². The van der Waals surface area contributed by atoms with Crippen molar-refractivity contribution in [2.24, 2.45) is 10.8 Å². The van der Waals surface area contributed by atoms with Crippen molar-refractivity contribution in [1.29, 1.82) is 0 Å². The highest BCUT2D eigenvalue weighted by atomic mass is 35.5. The molecule has 0 fully saturated rings. The zero-order valence-electron chi connectivity index (χ0n) is 15.4. The Balaban J connectivity index is 1.97. The van der Waals surface area contributed by atoms with Gasteiger partial charge in [-0.2, -0.15) is 5.10 Å². The fourth-order valence-corrected chi connectivity index (χ4v) is 2.56. The monoisotopic (exact) mass is 407 g/mol. The lowest BCUT2D eigenvalue weighted by molar-refractivity contribution is 0.211. The van der Waals surface area contributed by atoms with Crippen molar-refractivity contribution in [2.45, 2.75) is 13.8 Å². The van der Waals surface area contributed by atoms with E-state index in [9.17, 15) is 0 Å². The van der Waals surface area contributed by atoms with Gasteiger partial charge in [0.2, 0.25) is 0 Å². The van der Waals surface area contributed by atoms with Gasteiger partial charge >= 0.3 is 0 Å². The summed E-state index contributed by atoms with van der Waals surface area (Å²) in [5, 5.41) is 4.37. The molecule has 0 saturated carbocycles. The van der Waals surface area contributed by atoms with Gasteiger partial charge in [-0.3, -0.25) is 5.43 Å². The number of nitrogens with two attached hydrogens (primary N) is 1. The fraction of sp³-hybridized carbons (Fsp3) is 0.263. The Morgan fingerprint density at radius 3 is 2.59 bits per heavy atom. The largest absolute Gasteiger partial charge is 0.493 e. The molecule has 0 aromatic heterocycles. The Morgan fingerprint density at radius 1 is 1.19 bits per heavy atom. The summed E-state index contributed by atoms with van der Waals surface area (Å²) in [6.07, 6.45) is 1.53. The summed E-state index contributed by atoms with van der Waals surface area (Å²) in [5.41, 5.74) is 10.9. The molecular weight excluding hydrogens is 386 g/mol. The molecule has 0 amide bonds. The summed E-state index contributed by atoms with van der Waals surface area (Å²) in [6.45, 7) is 4.80. The van der Waals surface area contributed by atoms with E-state index in [1.807, 2.05) is 25.1 Å². The molecule has 2 aromatic rings. The molecule has 6 nitrogen and oxygen atoms in total. The lowest BCUT2D eigenvalue weighted by Gasteiger charge is -2.14. The zero-order chi connectivity index (χ0) is 19.8. The van der Waals surface area contributed by atoms with Crippen LogP contribution in [0.5, 0.6) is 17.2 Å². The van der Waals surface area contributed by atoms with E-state index in [0.717, 1.165) is 5.75 Å². The first-order valence-electron chi connectivity index (χ1n) is 8.19. The number of rotatable bonds is 8. The summed E-state index contributed by atoms with van der Waals surface area (Å²) >= 11 is 11.0. The lowest BCUT2D eigenvalue weighted by atomic mass is 10.1. The maximum atomic E-state index is 6.31. The highest BCUT2D eigenvalue weighted by Gasteiger charge is 2.11. The number of nitrogens with one attached hydrogen (secondary N) is 1. The molecule has 27 heavy (non-hydrogen) atoms. The first-order chi connectivity index (χ1) is 12.9. The van der Waals surface area contributed by atoms with Crippen molar-refractivity contribution < 1.29 is 14.2 Å². The first-order valence-corrected chi connectivity index (χ1v) is 8.98. The van der Waals surface area contributed by atoms with E-state index in [-0.39, 0.29) is 5.11 Å². The molecule has 0 aliphatic heterocycles. The number of methoxy groups -OCH3 is 1. The van der Waals surface area contributed by atoms with E-state index in [2.05, 4.69) is 29.7 Å². The van der Waals surface area contributed by atoms with Gasteiger partial charge in [0, 0.05) is 0 Å². The summed E-state index contributed by atoms with van der Waals surface area (Å²) in [7, 11) is 1.54. The van der Waals surface area contributed by atoms with Gasteiger partial charge in [0.15, 0.2) is 16.6 Å². The quantitative estimate of drug-likeness (QED) is 0.301. The van der Waals surface area contributed by atoms with Gasteiger partial charge in [-0.15, -0.1) is 0 Å². The average Bonchev–Trinajstić information content (AvgIpc) is 2.62. The molecule has 0 heterocycles. The molecule has 0 saturated heterocycles. The highest BCUT2D eigenvalue weighted by Crippen LogP contribution is 2.36. The van der Waals surface area contributed by atoms with Crippen LogP contribution in [0.3, 0.4) is 0 Å². The van der Waals surface area contributed by atoms with Crippen LogP contribution in [0.25, 0.3) is 0 Å². The van der Waals surface area contributed by atoms with Gasteiger partial charge in [-0.05, 0) is 67.0 Å². The molecule has 0 atom stereocenters. The third-order valence-electron chi connectivity index (χ3n) is 3.72. The number of nitrogens with zero attached hydrogens (tertiary/aromatic N) is 1. The number of hydrazone groups is 1. The standard InChI is InChI=1S/C19H22ClN3O3S/c1-12-4-5-15(8-13(12)2)25-6-7-26-18-16(20)9-14(10-17(18)24-3)11-22-23-19(21)27/h4-5,8-11H,6-7H2,1-3H3,(H3,21,23,27)/b22-11+. The summed E-state index contributed by atoms with van der Waals surface area (Å²) in [4.78, 5) is 0. The van der Waals surface area contributed by atoms with Crippen molar-refractivity contribution in [3.05, 3.63) is 52.0 Å². The lowest BCUT2D eigenvalue weighted by Crippen LogP contribution is -2.23. The molecule has 144 valence electrons. The molecule has 2 rings (SSSR count). The molecule has 0 aliphatic rings.